The second-order valence-electron chi connectivity index (χ2n) is 3.05. The molecule has 0 aliphatic carbocycles. The van der Waals surface area contributed by atoms with Gasteiger partial charge >= 0.3 is 11.9 Å². The monoisotopic (exact) mass is 216 g/mol. The predicted octanol–water partition coefficient (Wildman–Crippen LogP) is 0.850. The van der Waals surface area contributed by atoms with E-state index in [1.165, 1.54) is 13.8 Å². The van der Waals surface area contributed by atoms with Crippen molar-refractivity contribution in [3.05, 3.63) is 0 Å². The lowest BCUT2D eigenvalue weighted by Gasteiger charge is -2.09. The summed E-state index contributed by atoms with van der Waals surface area (Å²) in [4.78, 5) is 32.7. The summed E-state index contributed by atoms with van der Waals surface area (Å²) in [6.45, 7) is 4.81. The van der Waals surface area contributed by atoms with E-state index in [0.717, 1.165) is 0 Å². The van der Waals surface area contributed by atoms with Crippen LogP contribution in [0.25, 0.3) is 0 Å². The Morgan fingerprint density at radius 2 is 1.67 bits per heavy atom. The minimum atomic E-state index is -0.750. The van der Waals surface area contributed by atoms with Gasteiger partial charge < -0.3 is 9.47 Å². The van der Waals surface area contributed by atoms with E-state index >= 15 is 0 Å². The highest BCUT2D eigenvalue weighted by molar-refractivity contribution is 5.84. The summed E-state index contributed by atoms with van der Waals surface area (Å²) in [6, 6.07) is 0. The van der Waals surface area contributed by atoms with E-state index in [4.69, 9.17) is 4.74 Å². The minimum absolute atomic E-state index is 0.0166. The maximum Gasteiger partial charge on any atom is 0.307 e. The molecule has 0 aromatic rings. The molecule has 1 unspecified atom stereocenters. The van der Waals surface area contributed by atoms with Crippen LogP contribution in [0.15, 0.2) is 0 Å². The van der Waals surface area contributed by atoms with Crippen molar-refractivity contribution in [2.45, 2.75) is 39.7 Å². The Balaban J connectivity index is 3.75. The molecule has 0 spiro atoms. The Bertz CT molecular complexity index is 246. The molecule has 0 N–H and O–H groups in total. The molecule has 0 aliphatic heterocycles. The normalized spacial score (nSPS) is 11.7. The van der Waals surface area contributed by atoms with Crippen LogP contribution in [0.2, 0.25) is 0 Å². The first-order valence-corrected chi connectivity index (χ1v) is 4.83. The van der Waals surface area contributed by atoms with E-state index in [-0.39, 0.29) is 25.2 Å². The molecule has 1 atom stereocenters. The maximum absolute atomic E-state index is 11.1. The van der Waals surface area contributed by atoms with Crippen LogP contribution in [-0.2, 0) is 23.9 Å². The van der Waals surface area contributed by atoms with Gasteiger partial charge in [0.2, 0.25) is 0 Å². The highest BCUT2D eigenvalue weighted by atomic mass is 16.5. The molecular formula is C10H16O5. The molecule has 0 radical (unpaired) electrons. The molecule has 0 aromatic heterocycles. The maximum atomic E-state index is 11.1. The zero-order valence-corrected chi connectivity index (χ0v) is 9.24. The average molecular weight is 216 g/mol. The minimum Gasteiger partial charge on any atom is -0.466 e. The highest BCUT2D eigenvalue weighted by Gasteiger charge is 2.14. The Morgan fingerprint density at radius 1 is 1.13 bits per heavy atom. The molecule has 0 fully saturated rings. The third-order valence-electron chi connectivity index (χ3n) is 1.72. The molecular weight excluding hydrogens is 200 g/mol. The van der Waals surface area contributed by atoms with E-state index in [0.29, 0.717) is 0 Å². The van der Waals surface area contributed by atoms with Crippen LogP contribution in [0.1, 0.15) is 33.6 Å². The van der Waals surface area contributed by atoms with Crippen LogP contribution >= 0.6 is 0 Å². The second kappa shape index (κ2) is 6.98. The van der Waals surface area contributed by atoms with E-state index < -0.39 is 18.0 Å². The van der Waals surface area contributed by atoms with Crippen LogP contribution in [0.5, 0.6) is 0 Å². The summed E-state index contributed by atoms with van der Waals surface area (Å²) in [5.41, 5.74) is 0. The van der Waals surface area contributed by atoms with Crippen LogP contribution in [0.4, 0.5) is 0 Å². The third kappa shape index (κ3) is 6.65. The number of ketones is 1. The molecule has 15 heavy (non-hydrogen) atoms. The Morgan fingerprint density at radius 3 is 2.13 bits per heavy atom. The molecule has 0 aromatic carbocycles. The number of hydrogen-bond donors (Lipinski definition) is 0. The van der Waals surface area contributed by atoms with Gasteiger partial charge in [-0.25, -0.2) is 0 Å². The number of hydrogen-bond acceptors (Lipinski definition) is 5. The Kier molecular flexibility index (Phi) is 6.33. The zero-order valence-electron chi connectivity index (χ0n) is 9.24. The fraction of sp³-hybridized carbons (Fsp3) is 0.700. The standard InChI is InChI=1S/C10H16O5/c1-4-14-9(12)5-6-10(13)15-8(3)7(2)11/h8H,4-6H2,1-3H3. The van der Waals surface area contributed by atoms with Crippen molar-refractivity contribution in [2.24, 2.45) is 0 Å². The van der Waals surface area contributed by atoms with Gasteiger partial charge in [-0.05, 0) is 20.8 Å². The molecule has 0 bridgehead atoms. The average Bonchev–Trinajstić information content (AvgIpc) is 2.15. The topological polar surface area (TPSA) is 69.7 Å². The van der Waals surface area contributed by atoms with Crippen molar-refractivity contribution < 1.29 is 23.9 Å². The summed E-state index contributed by atoms with van der Waals surface area (Å²) in [5, 5.41) is 0. The van der Waals surface area contributed by atoms with Gasteiger partial charge in [0, 0.05) is 0 Å². The zero-order chi connectivity index (χ0) is 11.8. The number of esters is 2. The van der Waals surface area contributed by atoms with Gasteiger partial charge in [-0.15, -0.1) is 0 Å². The summed E-state index contributed by atoms with van der Waals surface area (Å²) in [6.07, 6.45) is -0.826. The van der Waals surface area contributed by atoms with Crippen LogP contribution in [0.3, 0.4) is 0 Å². The Labute approximate surface area is 88.7 Å². The molecule has 5 heteroatoms. The number of carbonyl (C=O) groups is 3. The highest BCUT2D eigenvalue weighted by Crippen LogP contribution is 2.00. The van der Waals surface area contributed by atoms with Crippen LogP contribution < -0.4 is 0 Å². The number of Topliss-reactive ketones (excluding diaryl/α,β-unsaturated/α-hetero) is 1. The SMILES string of the molecule is CCOC(=O)CCC(=O)OC(C)C(C)=O. The predicted molar refractivity (Wildman–Crippen MR) is 52.1 cm³/mol. The lowest BCUT2D eigenvalue weighted by Crippen LogP contribution is -2.22. The van der Waals surface area contributed by atoms with Gasteiger partial charge in [0.15, 0.2) is 11.9 Å². The molecule has 5 nitrogen and oxygen atoms in total. The first-order chi connectivity index (χ1) is 6.97. The van der Waals surface area contributed by atoms with Crippen molar-refractivity contribution in [3.63, 3.8) is 0 Å². The molecule has 0 rings (SSSR count). The van der Waals surface area contributed by atoms with Crippen molar-refractivity contribution in [1.82, 2.24) is 0 Å². The van der Waals surface area contributed by atoms with E-state index in [1.54, 1.807) is 6.92 Å². The fourth-order valence-electron chi connectivity index (χ4n) is 0.776. The first kappa shape index (κ1) is 13.6. The lowest BCUT2D eigenvalue weighted by atomic mass is 10.3. The second-order valence-corrected chi connectivity index (χ2v) is 3.05. The van der Waals surface area contributed by atoms with Crippen LogP contribution in [-0.4, -0.2) is 30.4 Å². The smallest absolute Gasteiger partial charge is 0.307 e. The van der Waals surface area contributed by atoms with E-state index in [9.17, 15) is 14.4 Å². The summed E-state index contributed by atoms with van der Waals surface area (Å²) in [7, 11) is 0. The lowest BCUT2D eigenvalue weighted by molar-refractivity contribution is -0.156. The molecule has 86 valence electrons. The van der Waals surface area contributed by atoms with Gasteiger partial charge in [-0.2, -0.15) is 0 Å². The molecule has 0 amide bonds. The first-order valence-electron chi connectivity index (χ1n) is 4.83. The van der Waals surface area contributed by atoms with E-state index in [1.807, 2.05) is 0 Å². The molecule has 0 heterocycles. The molecule has 0 saturated carbocycles. The number of rotatable bonds is 6. The third-order valence-corrected chi connectivity index (χ3v) is 1.72. The Hall–Kier alpha value is -1.39. The van der Waals surface area contributed by atoms with Crippen LogP contribution in [0, 0.1) is 0 Å². The summed E-state index contributed by atoms with van der Waals surface area (Å²) >= 11 is 0. The van der Waals surface area contributed by atoms with Gasteiger partial charge in [-0.3, -0.25) is 14.4 Å². The van der Waals surface area contributed by atoms with E-state index in [2.05, 4.69) is 4.74 Å². The summed E-state index contributed by atoms with van der Waals surface area (Å²) < 4.78 is 9.38. The van der Waals surface area contributed by atoms with Crippen molar-refractivity contribution in [1.29, 1.82) is 0 Å². The molecule has 0 saturated heterocycles. The van der Waals surface area contributed by atoms with Gasteiger partial charge in [0.25, 0.3) is 0 Å². The van der Waals surface area contributed by atoms with Gasteiger partial charge in [0.05, 0.1) is 19.4 Å². The number of ether oxygens (including phenoxy) is 2. The van der Waals surface area contributed by atoms with Gasteiger partial charge in [-0.1, -0.05) is 0 Å². The molecule has 0 aliphatic rings. The largest absolute Gasteiger partial charge is 0.466 e. The quantitative estimate of drug-likeness (QED) is 0.615. The van der Waals surface area contributed by atoms with Crippen molar-refractivity contribution >= 4 is 17.7 Å². The summed E-state index contributed by atoms with van der Waals surface area (Å²) in [5.74, 6) is -1.23. The number of carbonyl (C=O) groups excluding carboxylic acids is 3. The fourth-order valence-corrected chi connectivity index (χ4v) is 0.776. The van der Waals surface area contributed by atoms with Gasteiger partial charge in [0.1, 0.15) is 0 Å². The van der Waals surface area contributed by atoms with Crippen molar-refractivity contribution in [3.8, 4) is 0 Å². The van der Waals surface area contributed by atoms with Crippen molar-refractivity contribution in [2.75, 3.05) is 6.61 Å².